The summed E-state index contributed by atoms with van der Waals surface area (Å²) in [4.78, 5) is 41.6. The molecule has 0 radical (unpaired) electrons. The summed E-state index contributed by atoms with van der Waals surface area (Å²) in [5.41, 5.74) is 3.85. The number of benzene rings is 2. The number of oxazole rings is 1. The smallest absolute Gasteiger partial charge is 0.410 e. The van der Waals surface area contributed by atoms with E-state index in [2.05, 4.69) is 39.2 Å². The molecule has 2 aromatic carbocycles. The van der Waals surface area contributed by atoms with E-state index in [0.717, 1.165) is 59.5 Å². The molecule has 242 valence electrons. The first-order chi connectivity index (χ1) is 21.8. The normalized spacial score (nSPS) is 18.7. The van der Waals surface area contributed by atoms with Crippen LogP contribution in [0.15, 0.2) is 65.3 Å². The van der Waals surface area contributed by atoms with Crippen molar-refractivity contribution in [1.82, 2.24) is 24.8 Å². The molecule has 2 aromatic heterocycles. The molecule has 0 bridgehead atoms. The molecule has 0 aliphatic carbocycles. The average molecular weight is 626 g/mol. The van der Waals surface area contributed by atoms with E-state index >= 15 is 0 Å². The van der Waals surface area contributed by atoms with Gasteiger partial charge in [0.2, 0.25) is 5.89 Å². The van der Waals surface area contributed by atoms with Crippen LogP contribution >= 0.6 is 0 Å². The molecule has 2 fully saturated rings. The zero-order valence-electron chi connectivity index (χ0n) is 27.5. The van der Waals surface area contributed by atoms with Crippen molar-refractivity contribution in [2.24, 2.45) is 0 Å². The number of ether oxygens (including phenoxy) is 2. The number of amides is 2. The van der Waals surface area contributed by atoms with Gasteiger partial charge in [0.25, 0.3) is 0 Å². The van der Waals surface area contributed by atoms with E-state index in [-0.39, 0.29) is 24.3 Å². The van der Waals surface area contributed by atoms with Gasteiger partial charge in [0.1, 0.15) is 23.1 Å². The third-order valence-electron chi connectivity index (χ3n) is 8.19. The maximum atomic E-state index is 12.8. The molecule has 0 unspecified atom stereocenters. The minimum atomic E-state index is -0.557. The summed E-state index contributed by atoms with van der Waals surface area (Å²) in [5.74, 6) is 1.96. The lowest BCUT2D eigenvalue weighted by Crippen LogP contribution is -2.36. The number of hydrogen-bond acceptors (Lipinski definition) is 7. The molecule has 0 spiro atoms. The van der Waals surface area contributed by atoms with Crippen LogP contribution in [0.25, 0.3) is 33.8 Å². The van der Waals surface area contributed by atoms with E-state index in [1.165, 1.54) is 0 Å². The molecule has 2 saturated heterocycles. The molecular formula is C36H43N5O5. The molecule has 0 saturated carbocycles. The Morgan fingerprint density at radius 1 is 0.717 bits per heavy atom. The topological polar surface area (TPSA) is 114 Å². The molecule has 4 heterocycles. The van der Waals surface area contributed by atoms with Crippen LogP contribution in [0.3, 0.4) is 0 Å². The highest BCUT2D eigenvalue weighted by molar-refractivity contribution is 5.72. The van der Waals surface area contributed by atoms with E-state index in [1.54, 1.807) is 16.0 Å². The van der Waals surface area contributed by atoms with Crippen molar-refractivity contribution >= 4 is 12.2 Å². The van der Waals surface area contributed by atoms with Gasteiger partial charge in [0, 0.05) is 24.2 Å². The number of aromatic amines is 1. The number of carbonyl (C=O) groups is 2. The van der Waals surface area contributed by atoms with Crippen molar-refractivity contribution in [3.63, 3.8) is 0 Å². The van der Waals surface area contributed by atoms with E-state index in [0.29, 0.717) is 24.7 Å². The lowest BCUT2D eigenvalue weighted by Gasteiger charge is -2.28. The second-order valence-electron chi connectivity index (χ2n) is 14.1. The van der Waals surface area contributed by atoms with Gasteiger partial charge in [-0.25, -0.2) is 19.6 Å². The molecule has 2 aliphatic rings. The number of carbonyl (C=O) groups excluding carboxylic acids is 2. The first kappa shape index (κ1) is 31.4. The van der Waals surface area contributed by atoms with Crippen molar-refractivity contribution in [3.05, 3.63) is 72.5 Å². The summed E-state index contributed by atoms with van der Waals surface area (Å²) in [6, 6.07) is 16.1. The minimum Gasteiger partial charge on any atom is -0.444 e. The second kappa shape index (κ2) is 12.3. The molecule has 6 rings (SSSR count). The van der Waals surface area contributed by atoms with Crippen molar-refractivity contribution in [3.8, 4) is 33.8 Å². The molecule has 2 atom stereocenters. The lowest BCUT2D eigenvalue weighted by molar-refractivity contribution is 0.0200. The van der Waals surface area contributed by atoms with Gasteiger partial charge in [0.15, 0.2) is 5.76 Å². The Bertz CT molecular complexity index is 1550. The van der Waals surface area contributed by atoms with Gasteiger partial charge in [-0.3, -0.25) is 9.80 Å². The van der Waals surface area contributed by atoms with Crippen molar-refractivity contribution in [1.29, 1.82) is 0 Å². The average Bonchev–Trinajstić information content (AvgIpc) is 3.82. The fourth-order valence-electron chi connectivity index (χ4n) is 6.07. The van der Waals surface area contributed by atoms with E-state index in [4.69, 9.17) is 13.9 Å². The first-order valence-corrected chi connectivity index (χ1v) is 16.1. The Hall–Kier alpha value is -4.60. The maximum absolute atomic E-state index is 12.8. The van der Waals surface area contributed by atoms with Crippen molar-refractivity contribution < 1.29 is 23.5 Å². The predicted octanol–water partition coefficient (Wildman–Crippen LogP) is 8.54. The van der Waals surface area contributed by atoms with Crippen LogP contribution in [0, 0.1) is 0 Å². The summed E-state index contributed by atoms with van der Waals surface area (Å²) in [6.07, 6.45) is 6.39. The highest BCUT2D eigenvalue weighted by Gasteiger charge is 2.36. The van der Waals surface area contributed by atoms with Crippen LogP contribution < -0.4 is 0 Å². The van der Waals surface area contributed by atoms with Crippen LogP contribution in [0.4, 0.5) is 9.59 Å². The first-order valence-electron chi connectivity index (χ1n) is 16.1. The van der Waals surface area contributed by atoms with Gasteiger partial charge in [-0.05, 0) is 78.4 Å². The molecule has 1 N–H and O–H groups in total. The molecule has 46 heavy (non-hydrogen) atoms. The summed E-state index contributed by atoms with van der Waals surface area (Å²) in [7, 11) is 0. The molecule has 2 amide bonds. The third kappa shape index (κ3) is 6.95. The van der Waals surface area contributed by atoms with Gasteiger partial charge < -0.3 is 18.9 Å². The van der Waals surface area contributed by atoms with Crippen molar-refractivity contribution in [2.45, 2.75) is 90.5 Å². The number of rotatable bonds is 5. The van der Waals surface area contributed by atoms with Gasteiger partial charge >= 0.3 is 12.2 Å². The Kier molecular flexibility index (Phi) is 8.39. The second-order valence-corrected chi connectivity index (χ2v) is 14.1. The highest BCUT2D eigenvalue weighted by Crippen LogP contribution is 2.36. The lowest BCUT2D eigenvalue weighted by atomic mass is 10.0. The van der Waals surface area contributed by atoms with Gasteiger partial charge in [-0.15, -0.1) is 0 Å². The zero-order valence-corrected chi connectivity index (χ0v) is 27.5. The number of likely N-dealkylation sites (tertiary alicyclic amines) is 2. The quantitative estimate of drug-likeness (QED) is 0.236. The predicted molar refractivity (Wildman–Crippen MR) is 175 cm³/mol. The Morgan fingerprint density at radius 3 is 1.78 bits per heavy atom. The Morgan fingerprint density at radius 2 is 1.22 bits per heavy atom. The fraction of sp³-hybridized carbons (Fsp3) is 0.444. The fourth-order valence-corrected chi connectivity index (χ4v) is 6.07. The SMILES string of the molecule is CC(C)(C)OC(=O)N1CCC[C@@H]1c1ncc(-c2ccc(-c3ccc(-c4ncc([C@@H]5CCCN5C(=O)OC(C)(C)C)[nH]4)cc3)cc2)o1. The zero-order chi connectivity index (χ0) is 32.6. The maximum Gasteiger partial charge on any atom is 0.410 e. The Balaban J connectivity index is 1.11. The van der Waals surface area contributed by atoms with Crippen LogP contribution in [0.1, 0.15) is 90.9 Å². The number of nitrogens with zero attached hydrogens (tertiary/aromatic N) is 4. The van der Waals surface area contributed by atoms with Gasteiger partial charge in [0.05, 0.1) is 24.1 Å². The molecule has 4 aromatic rings. The monoisotopic (exact) mass is 625 g/mol. The number of H-pyrrole nitrogens is 1. The molecule has 10 nitrogen and oxygen atoms in total. The number of hydrogen-bond donors (Lipinski definition) is 1. The van der Waals surface area contributed by atoms with E-state index in [9.17, 15) is 9.59 Å². The Labute approximate surface area is 270 Å². The number of aromatic nitrogens is 3. The van der Waals surface area contributed by atoms with E-state index in [1.807, 2.05) is 72.0 Å². The van der Waals surface area contributed by atoms with Gasteiger partial charge in [-0.2, -0.15) is 0 Å². The third-order valence-corrected chi connectivity index (χ3v) is 8.19. The van der Waals surface area contributed by atoms with Crippen LogP contribution in [0.5, 0.6) is 0 Å². The summed E-state index contributed by atoms with van der Waals surface area (Å²) in [5, 5.41) is 0. The molecular weight excluding hydrogens is 582 g/mol. The van der Waals surface area contributed by atoms with Crippen LogP contribution in [-0.4, -0.2) is 61.2 Å². The summed E-state index contributed by atoms with van der Waals surface area (Å²) < 4.78 is 17.4. The van der Waals surface area contributed by atoms with Gasteiger partial charge in [-0.1, -0.05) is 48.5 Å². The number of nitrogens with one attached hydrogen (secondary N) is 1. The number of imidazole rings is 1. The van der Waals surface area contributed by atoms with E-state index < -0.39 is 11.2 Å². The summed E-state index contributed by atoms with van der Waals surface area (Å²) in [6.45, 7) is 12.5. The highest BCUT2D eigenvalue weighted by atomic mass is 16.6. The standard InChI is InChI=1S/C36H43N5O5/c1-35(2,3)45-33(42)40-19-7-9-28(40)27-21-37-31(39-27)26-17-13-24(14-18-26)23-11-15-25(16-12-23)30-22-38-32(44-30)29-10-8-20-41(29)34(43)46-36(4,5)6/h11-18,21-22,28-29H,7-10,19-20H2,1-6H3,(H,37,39)/t28-,29+/m0/s1. The summed E-state index contributed by atoms with van der Waals surface area (Å²) >= 11 is 0. The van der Waals surface area contributed by atoms with Crippen LogP contribution in [0.2, 0.25) is 0 Å². The molecule has 10 heteroatoms. The largest absolute Gasteiger partial charge is 0.444 e. The van der Waals surface area contributed by atoms with Crippen LogP contribution in [-0.2, 0) is 9.47 Å². The van der Waals surface area contributed by atoms with Crippen molar-refractivity contribution in [2.75, 3.05) is 13.1 Å². The minimum absolute atomic E-state index is 0.0728. The molecule has 2 aliphatic heterocycles.